The molecule has 0 aliphatic carbocycles. The third kappa shape index (κ3) is 5.98. The second kappa shape index (κ2) is 11.2. The highest BCUT2D eigenvalue weighted by molar-refractivity contribution is 6.15. The minimum atomic E-state index is -0.421. The van der Waals surface area contributed by atoms with Gasteiger partial charge in [0.1, 0.15) is 22.9 Å². The maximum Gasteiger partial charge on any atom is 0.260 e. The predicted molar refractivity (Wildman–Crippen MR) is 146 cm³/mol. The number of azide groups is 1. The van der Waals surface area contributed by atoms with Gasteiger partial charge in [0.2, 0.25) is 0 Å². The Bertz CT molecular complexity index is 1290. The molecule has 2 unspecified atom stereocenters. The number of rotatable bonds is 11. The molecule has 2 aliphatic heterocycles. The molecule has 2 aliphatic rings. The Morgan fingerprint density at radius 3 is 2.79 bits per heavy atom. The molecular formula is C28H35N5O5. The van der Waals surface area contributed by atoms with Gasteiger partial charge in [0, 0.05) is 30.1 Å². The summed E-state index contributed by atoms with van der Waals surface area (Å²) in [5.41, 5.74) is 10.5. The Labute approximate surface area is 222 Å². The van der Waals surface area contributed by atoms with E-state index in [9.17, 15) is 20.1 Å². The summed E-state index contributed by atoms with van der Waals surface area (Å²) in [6.45, 7) is 6.82. The minimum Gasteiger partial charge on any atom is -0.508 e. The smallest absolute Gasteiger partial charge is 0.260 e. The number of amides is 1. The second-order valence-corrected chi connectivity index (χ2v) is 10.6. The fourth-order valence-electron chi connectivity index (χ4n) is 4.99. The highest BCUT2D eigenvalue weighted by atomic mass is 16.6. The van der Waals surface area contributed by atoms with Crippen LogP contribution in [0.3, 0.4) is 0 Å². The summed E-state index contributed by atoms with van der Waals surface area (Å²) in [4.78, 5) is 17.9. The lowest BCUT2D eigenvalue weighted by atomic mass is 9.94. The summed E-state index contributed by atoms with van der Waals surface area (Å²) < 4.78 is 6.01. The number of nitrogens with zero attached hydrogens (tertiary/aromatic N) is 4. The number of carbonyl (C=O) groups is 1. The number of epoxide rings is 1. The number of phenols is 3. The molecule has 1 saturated heterocycles. The van der Waals surface area contributed by atoms with E-state index in [4.69, 9.17) is 10.3 Å². The van der Waals surface area contributed by atoms with Crippen LogP contribution in [0.4, 0.5) is 17.1 Å². The molecule has 0 saturated carbocycles. The zero-order chi connectivity index (χ0) is 27.4. The molecule has 0 aromatic heterocycles. The van der Waals surface area contributed by atoms with Crippen LogP contribution in [0.2, 0.25) is 0 Å². The van der Waals surface area contributed by atoms with Gasteiger partial charge in [-0.05, 0) is 49.8 Å². The zero-order valence-corrected chi connectivity index (χ0v) is 22.0. The highest BCUT2D eigenvalue weighted by Gasteiger charge is 2.50. The Morgan fingerprint density at radius 1 is 1.26 bits per heavy atom. The van der Waals surface area contributed by atoms with Gasteiger partial charge in [-0.1, -0.05) is 49.5 Å². The number of hydrogen-bond donors (Lipinski definition) is 4. The normalized spacial score (nSPS) is 20.3. The first-order valence-electron chi connectivity index (χ1n) is 13.0. The third-order valence-electron chi connectivity index (χ3n) is 7.26. The monoisotopic (exact) mass is 521 g/mol. The molecule has 0 bridgehead atoms. The lowest BCUT2D eigenvalue weighted by Crippen LogP contribution is -2.30. The van der Waals surface area contributed by atoms with Crippen molar-refractivity contribution in [3.05, 3.63) is 58.0 Å². The van der Waals surface area contributed by atoms with Crippen molar-refractivity contribution >= 4 is 23.0 Å². The van der Waals surface area contributed by atoms with Crippen molar-refractivity contribution in [3.63, 3.8) is 0 Å². The van der Waals surface area contributed by atoms with Gasteiger partial charge in [-0.2, -0.15) is 0 Å². The SMILES string of the molecule is CC(C)CCCC1(C)OC1CC/C(=C/CN1C(=O)c2cccc(O)c2Nc2c(O)cc(O)cc21)CN=[N+]=[N-]. The van der Waals surface area contributed by atoms with Crippen molar-refractivity contribution in [3.8, 4) is 17.2 Å². The van der Waals surface area contributed by atoms with E-state index in [1.165, 1.54) is 23.5 Å². The van der Waals surface area contributed by atoms with Crippen LogP contribution >= 0.6 is 0 Å². The summed E-state index contributed by atoms with van der Waals surface area (Å²) in [5.74, 6) is -0.380. The number of hydrogen-bond acceptors (Lipinski definition) is 7. The number of benzene rings is 2. The molecule has 202 valence electrons. The van der Waals surface area contributed by atoms with Gasteiger partial charge in [0.15, 0.2) is 0 Å². The summed E-state index contributed by atoms with van der Waals surface area (Å²) in [5, 5.41) is 37.8. The maximum atomic E-state index is 13.6. The number of aromatic hydroxyl groups is 3. The van der Waals surface area contributed by atoms with Crippen molar-refractivity contribution in [1.82, 2.24) is 0 Å². The number of carbonyl (C=O) groups excluding carboxylic acids is 1. The molecule has 4 rings (SSSR count). The molecule has 4 N–H and O–H groups in total. The van der Waals surface area contributed by atoms with Crippen LogP contribution in [0.1, 0.15) is 63.2 Å². The maximum absolute atomic E-state index is 13.6. The summed E-state index contributed by atoms with van der Waals surface area (Å²) in [6, 6.07) is 7.13. The molecule has 2 heterocycles. The zero-order valence-electron chi connectivity index (χ0n) is 22.0. The fourth-order valence-corrected chi connectivity index (χ4v) is 4.99. The predicted octanol–water partition coefficient (Wildman–Crippen LogP) is 6.51. The molecular weight excluding hydrogens is 486 g/mol. The van der Waals surface area contributed by atoms with E-state index in [1.807, 2.05) is 6.08 Å². The van der Waals surface area contributed by atoms with E-state index in [-0.39, 0.29) is 64.7 Å². The fraction of sp³-hybridized carbons (Fsp3) is 0.464. The van der Waals surface area contributed by atoms with Crippen LogP contribution in [0.15, 0.2) is 47.1 Å². The van der Waals surface area contributed by atoms with Gasteiger partial charge in [-0.25, -0.2) is 0 Å². The van der Waals surface area contributed by atoms with Crippen LogP contribution in [0.25, 0.3) is 10.4 Å². The lowest BCUT2D eigenvalue weighted by molar-refractivity contribution is 0.0991. The number of nitrogens with one attached hydrogen (secondary N) is 1. The average Bonchev–Trinajstić information content (AvgIpc) is 3.53. The van der Waals surface area contributed by atoms with E-state index < -0.39 is 5.91 Å². The quantitative estimate of drug-likeness (QED) is 0.0503. The van der Waals surface area contributed by atoms with Gasteiger partial charge in [0.25, 0.3) is 5.91 Å². The van der Waals surface area contributed by atoms with Crippen LogP contribution in [-0.2, 0) is 4.74 Å². The molecule has 0 radical (unpaired) electrons. The number of fused-ring (bicyclic) bond motifs is 2. The molecule has 2 atom stereocenters. The number of anilines is 3. The second-order valence-electron chi connectivity index (χ2n) is 10.6. The summed E-state index contributed by atoms with van der Waals surface area (Å²) in [7, 11) is 0. The number of phenolic OH excluding ortho intramolecular Hbond substituents is 3. The molecule has 10 nitrogen and oxygen atoms in total. The van der Waals surface area contributed by atoms with E-state index in [2.05, 4.69) is 36.1 Å². The van der Waals surface area contributed by atoms with Gasteiger partial charge < -0.3 is 30.3 Å². The molecule has 38 heavy (non-hydrogen) atoms. The van der Waals surface area contributed by atoms with Gasteiger partial charge in [-0.15, -0.1) is 0 Å². The van der Waals surface area contributed by atoms with E-state index in [1.54, 1.807) is 12.1 Å². The lowest BCUT2D eigenvalue weighted by Gasteiger charge is -2.22. The number of para-hydroxylation sites is 1. The topological polar surface area (TPSA) is 154 Å². The Kier molecular flexibility index (Phi) is 8.04. The van der Waals surface area contributed by atoms with E-state index in [0.717, 1.165) is 30.9 Å². The van der Waals surface area contributed by atoms with E-state index in [0.29, 0.717) is 12.3 Å². The first-order chi connectivity index (χ1) is 18.1. The van der Waals surface area contributed by atoms with Crippen LogP contribution in [0.5, 0.6) is 17.2 Å². The van der Waals surface area contributed by atoms with Crippen molar-refractivity contribution in [2.24, 2.45) is 11.0 Å². The Hall–Kier alpha value is -3.88. The standard InChI is InChI=1S/C28H35N5O5/c1-17(2)6-5-12-28(3)24(38-28)10-9-18(16-30-32-29)11-13-33-21-14-19(34)15-23(36)26(21)31-25-20(27(33)37)7-4-8-22(25)35/h4,7-8,11,14-15,17,24,31,34-36H,5-6,9-10,12-13,16H2,1-3H3/b18-11-. The van der Waals surface area contributed by atoms with Gasteiger partial charge >= 0.3 is 0 Å². The van der Waals surface area contributed by atoms with Crippen molar-refractivity contribution < 1.29 is 24.9 Å². The molecule has 2 aromatic rings. The number of ether oxygens (including phenoxy) is 1. The van der Waals surface area contributed by atoms with Crippen LogP contribution in [-0.4, -0.2) is 46.0 Å². The van der Waals surface area contributed by atoms with Crippen LogP contribution < -0.4 is 10.2 Å². The highest BCUT2D eigenvalue weighted by Crippen LogP contribution is 2.46. The molecule has 1 amide bonds. The van der Waals surface area contributed by atoms with Gasteiger partial charge in [0.05, 0.1) is 28.6 Å². The third-order valence-corrected chi connectivity index (χ3v) is 7.26. The molecule has 0 spiro atoms. The van der Waals surface area contributed by atoms with Crippen molar-refractivity contribution in [2.75, 3.05) is 23.3 Å². The largest absolute Gasteiger partial charge is 0.508 e. The Morgan fingerprint density at radius 2 is 2.05 bits per heavy atom. The Balaban J connectivity index is 1.56. The molecule has 1 fully saturated rings. The van der Waals surface area contributed by atoms with Crippen molar-refractivity contribution in [2.45, 2.75) is 64.6 Å². The van der Waals surface area contributed by atoms with Crippen molar-refractivity contribution in [1.29, 1.82) is 0 Å². The minimum absolute atomic E-state index is 0.0962. The first-order valence-corrected chi connectivity index (χ1v) is 13.0. The summed E-state index contributed by atoms with van der Waals surface area (Å²) >= 11 is 0. The molecule has 2 aromatic carbocycles. The first kappa shape index (κ1) is 27.2. The van der Waals surface area contributed by atoms with E-state index >= 15 is 0 Å². The average molecular weight is 522 g/mol. The summed E-state index contributed by atoms with van der Waals surface area (Å²) in [6.07, 6.45) is 6.68. The van der Waals surface area contributed by atoms with Crippen LogP contribution in [0, 0.1) is 5.92 Å². The molecule has 10 heteroatoms. The van der Waals surface area contributed by atoms with Gasteiger partial charge in [-0.3, -0.25) is 4.79 Å².